The van der Waals surface area contributed by atoms with Gasteiger partial charge >= 0.3 is 0 Å². The number of likely N-dealkylation sites (tertiary alicyclic amines) is 3. The van der Waals surface area contributed by atoms with Crippen molar-refractivity contribution in [1.29, 1.82) is 0 Å². The number of pyridine rings is 3. The molecule has 0 aliphatic carbocycles. The molecule has 12 aromatic rings. The maximum atomic E-state index is 12.2. The highest BCUT2D eigenvalue weighted by atomic mass is 35.5. The van der Waals surface area contributed by atoms with E-state index in [0.717, 1.165) is 139 Å². The molecule has 3 aliphatic heterocycles. The molecule has 6 aromatic carbocycles. The minimum Gasteiger partial charge on any atom is -0.457 e. The van der Waals surface area contributed by atoms with Crippen molar-refractivity contribution in [2.24, 2.45) is 0 Å². The fourth-order valence-electron chi connectivity index (χ4n) is 12.8. The Kier molecular flexibility index (Phi) is 19.2. The lowest BCUT2D eigenvalue weighted by Crippen LogP contribution is -2.40. The molecule has 6 aromatic heterocycles. The number of hydrogen-bond donors (Lipinski definition) is 0. The Balaban J connectivity index is 0.000000131. The third-order valence-corrected chi connectivity index (χ3v) is 17.9. The van der Waals surface area contributed by atoms with E-state index in [1.165, 1.54) is 18.2 Å². The van der Waals surface area contributed by atoms with Crippen LogP contribution in [0.4, 0.5) is 0 Å². The summed E-state index contributed by atoms with van der Waals surface area (Å²) in [6, 6.07) is 53.4. The summed E-state index contributed by atoms with van der Waals surface area (Å²) in [6.07, 6.45) is 18.6. The van der Waals surface area contributed by atoms with E-state index in [4.69, 9.17) is 41.1 Å². The number of hydrogen-bond acceptors (Lipinski definition) is 12. The molecular weight excluding hydrogens is 1240 g/mol. The SMILES string of the molecule is C=CC(=O)N1CCC[C@@H](n2nc(-c3ccc(Oc4cccc(C)c4)cc3)c3cnccc32)C1.C=CC(=O)N1CC[C@@H](n2nc(-c3ccc(Oc4cccc(C)c4)cc3)c3cnccc32)C1.C=CC(=O)N1CC[C@@H](n2nc(-c3ccc(Oc4ccccc4)c(Cl)c3)c3cnccc32)C1. The van der Waals surface area contributed by atoms with Gasteiger partial charge in [0.1, 0.15) is 51.6 Å². The van der Waals surface area contributed by atoms with Crippen molar-refractivity contribution in [3.8, 4) is 68.3 Å². The fraction of sp³-hybridized carbons (Fsp3) is 0.192. The number of benzene rings is 6. The van der Waals surface area contributed by atoms with E-state index in [0.29, 0.717) is 43.5 Å². The molecule has 0 N–H and O–H groups in total. The number of piperidine rings is 1. The Morgan fingerprint density at radius 1 is 0.433 bits per heavy atom. The normalized spacial score (nSPS) is 15.9. The van der Waals surface area contributed by atoms with E-state index in [1.54, 1.807) is 23.5 Å². The quantitative estimate of drug-likeness (QED) is 0.0888. The van der Waals surface area contributed by atoms with Crippen LogP contribution in [-0.4, -0.2) is 116 Å². The number of nitrogens with zero attached hydrogens (tertiary/aromatic N) is 12. The lowest BCUT2D eigenvalue weighted by Gasteiger charge is -2.32. The first-order chi connectivity index (χ1) is 47.4. The maximum absolute atomic E-state index is 12.2. The lowest BCUT2D eigenvalue weighted by molar-refractivity contribution is -0.127. The van der Waals surface area contributed by atoms with Crippen molar-refractivity contribution in [3.05, 3.63) is 255 Å². The molecule has 3 amide bonds. The number of carbonyl (C=O) groups excluding carboxylic acids is 3. The van der Waals surface area contributed by atoms with Gasteiger partial charge in [0, 0.05) is 109 Å². The number of aromatic nitrogens is 9. The van der Waals surface area contributed by atoms with Crippen LogP contribution in [0.2, 0.25) is 5.02 Å². The summed E-state index contributed by atoms with van der Waals surface area (Å²) in [5.41, 5.74) is 10.8. The number of para-hydroxylation sites is 1. The minimum atomic E-state index is -0.0494. The Labute approximate surface area is 567 Å². The summed E-state index contributed by atoms with van der Waals surface area (Å²) in [5, 5.41) is 18.3. The van der Waals surface area contributed by atoms with Gasteiger partial charge in [-0.2, -0.15) is 15.3 Å². The van der Waals surface area contributed by atoms with Crippen LogP contribution in [0.1, 0.15) is 54.9 Å². The van der Waals surface area contributed by atoms with Gasteiger partial charge in [-0.25, -0.2) is 0 Å². The molecule has 18 nitrogen and oxygen atoms in total. The number of aryl methyl sites for hydroxylation is 2. The molecule has 3 aliphatic rings. The molecule has 15 rings (SSSR count). The first kappa shape index (κ1) is 64.2. The number of amides is 3. The maximum Gasteiger partial charge on any atom is 0.246 e. The molecule has 3 fully saturated rings. The fourth-order valence-corrected chi connectivity index (χ4v) is 13.0. The monoisotopic (exact) mass is 1310 g/mol. The van der Waals surface area contributed by atoms with Crippen LogP contribution in [-0.2, 0) is 14.4 Å². The van der Waals surface area contributed by atoms with Gasteiger partial charge in [-0.1, -0.05) is 73.8 Å². The van der Waals surface area contributed by atoms with E-state index < -0.39 is 0 Å². The molecule has 486 valence electrons. The van der Waals surface area contributed by atoms with E-state index in [-0.39, 0.29) is 35.8 Å². The summed E-state index contributed by atoms with van der Waals surface area (Å²) in [5.74, 6) is 4.38. The van der Waals surface area contributed by atoms with Gasteiger partial charge in [-0.05, 0) is 190 Å². The van der Waals surface area contributed by atoms with E-state index >= 15 is 0 Å². The van der Waals surface area contributed by atoms with Gasteiger partial charge in [0.15, 0.2) is 0 Å². The molecule has 97 heavy (non-hydrogen) atoms. The van der Waals surface area contributed by atoms with Crippen molar-refractivity contribution in [3.63, 3.8) is 0 Å². The smallest absolute Gasteiger partial charge is 0.246 e. The number of carbonyl (C=O) groups is 3. The number of rotatable bonds is 15. The second-order valence-electron chi connectivity index (χ2n) is 24.2. The Morgan fingerprint density at radius 3 is 1.25 bits per heavy atom. The second kappa shape index (κ2) is 29.0. The number of halogens is 1. The largest absolute Gasteiger partial charge is 0.457 e. The zero-order valence-electron chi connectivity index (χ0n) is 53.9. The third-order valence-electron chi connectivity index (χ3n) is 17.6. The molecule has 0 bridgehead atoms. The lowest BCUT2D eigenvalue weighted by atomic mass is 10.1. The van der Waals surface area contributed by atoms with Crippen LogP contribution in [0.15, 0.2) is 239 Å². The highest BCUT2D eigenvalue weighted by Gasteiger charge is 2.32. The van der Waals surface area contributed by atoms with Crippen LogP contribution in [0.5, 0.6) is 34.5 Å². The summed E-state index contributed by atoms with van der Waals surface area (Å²) >= 11 is 6.56. The van der Waals surface area contributed by atoms with Gasteiger partial charge in [0.25, 0.3) is 0 Å². The summed E-state index contributed by atoms with van der Waals surface area (Å²) in [4.78, 5) is 54.7. The zero-order valence-corrected chi connectivity index (χ0v) is 54.7. The summed E-state index contributed by atoms with van der Waals surface area (Å²) in [7, 11) is 0. The summed E-state index contributed by atoms with van der Waals surface area (Å²) < 4.78 is 24.0. The van der Waals surface area contributed by atoms with E-state index in [1.807, 2.05) is 215 Å². The van der Waals surface area contributed by atoms with Crippen LogP contribution < -0.4 is 14.2 Å². The second-order valence-corrected chi connectivity index (χ2v) is 24.6. The van der Waals surface area contributed by atoms with E-state index in [9.17, 15) is 14.4 Å². The van der Waals surface area contributed by atoms with Crippen LogP contribution in [0.25, 0.3) is 66.5 Å². The van der Waals surface area contributed by atoms with Gasteiger partial charge < -0.3 is 28.9 Å². The average molecular weight is 1310 g/mol. The number of fused-ring (bicyclic) bond motifs is 3. The number of ether oxygens (including phenoxy) is 3. The molecular formula is C78H71ClN12O6. The molecule has 0 saturated carbocycles. The van der Waals surface area contributed by atoms with Gasteiger partial charge in [0.05, 0.1) is 39.7 Å². The standard InChI is InChI=1S/C27H26N4O2.C26H24N4O2.C25H21ClN4O2/c1-3-26(32)30-15-5-7-21(18-30)31-25-13-14-28-17-24(25)27(29-31)20-9-11-22(12-10-20)33-23-8-4-6-19(2)16-23;1-3-25(31)29-14-12-20(17-29)30-24-11-13-27-16-23(24)26(28-30)19-7-9-21(10-8-19)32-22-6-4-5-18(2)15-22;1-2-24(31)29-13-11-18(16-29)30-22-10-12-27-15-20(22)25(28-30)17-8-9-23(21(26)14-17)32-19-6-4-3-5-7-19/h3-4,6,8-14,16-17,21H,1,5,7,15,18H2,2H3;3-11,13,15-16,20H,1,12,14,17H2,2H3;2-10,12,14-15,18H,1,11,13,16H2/t21-;20-;18-/m111/s1. The van der Waals surface area contributed by atoms with Gasteiger partial charge in [-0.15, -0.1) is 0 Å². The molecule has 3 atom stereocenters. The van der Waals surface area contributed by atoms with Gasteiger partial charge in [0.2, 0.25) is 17.7 Å². The molecule has 0 unspecified atom stereocenters. The van der Waals surface area contributed by atoms with Crippen LogP contribution >= 0.6 is 11.6 Å². The highest BCUT2D eigenvalue weighted by Crippen LogP contribution is 2.39. The van der Waals surface area contributed by atoms with Crippen LogP contribution in [0, 0.1) is 13.8 Å². The van der Waals surface area contributed by atoms with E-state index in [2.05, 4.69) is 39.4 Å². The predicted octanol–water partition coefficient (Wildman–Crippen LogP) is 16.2. The van der Waals surface area contributed by atoms with Gasteiger partial charge in [-0.3, -0.25) is 43.4 Å². The topological polar surface area (TPSA) is 181 Å². The Morgan fingerprint density at radius 2 is 0.825 bits per heavy atom. The minimum absolute atomic E-state index is 0.0257. The Hall–Kier alpha value is -11.5. The first-order valence-electron chi connectivity index (χ1n) is 32.3. The van der Waals surface area contributed by atoms with Crippen LogP contribution in [0.3, 0.4) is 0 Å². The first-order valence-corrected chi connectivity index (χ1v) is 32.7. The third kappa shape index (κ3) is 14.3. The summed E-state index contributed by atoms with van der Waals surface area (Å²) in [6.45, 7) is 18.9. The molecule has 19 heteroatoms. The zero-order chi connectivity index (χ0) is 66.9. The highest BCUT2D eigenvalue weighted by molar-refractivity contribution is 6.32. The van der Waals surface area contributed by atoms with Crippen molar-refractivity contribution in [1.82, 2.24) is 59.0 Å². The molecule has 3 saturated heterocycles. The molecule has 0 spiro atoms. The molecule has 0 radical (unpaired) electrons. The van der Waals surface area contributed by atoms with Crippen molar-refractivity contribution in [2.75, 3.05) is 39.3 Å². The van der Waals surface area contributed by atoms with Crippen molar-refractivity contribution < 1.29 is 28.6 Å². The van der Waals surface area contributed by atoms with Crippen molar-refractivity contribution in [2.45, 2.75) is 57.7 Å². The molecule has 9 heterocycles. The average Bonchev–Trinajstić information content (AvgIpc) is 1.64. The Bertz CT molecular complexity index is 4870. The predicted molar refractivity (Wildman–Crippen MR) is 379 cm³/mol. The van der Waals surface area contributed by atoms with Crippen molar-refractivity contribution >= 4 is 62.0 Å².